The Labute approximate surface area is 127 Å². The smallest absolute Gasteiger partial charge is 0.226 e. The maximum absolute atomic E-state index is 11.9. The number of halogens is 2. The molecule has 5 heteroatoms. The van der Waals surface area contributed by atoms with Crippen molar-refractivity contribution >= 4 is 34.8 Å². The minimum absolute atomic E-state index is 0.181. The molecule has 0 radical (unpaired) electrons. The molecule has 0 fully saturated rings. The van der Waals surface area contributed by atoms with Crippen LogP contribution in [0.4, 0.5) is 5.69 Å². The van der Waals surface area contributed by atoms with Gasteiger partial charge in [0, 0.05) is 28.2 Å². The summed E-state index contributed by atoms with van der Waals surface area (Å²) in [4.78, 5) is 11.9. The van der Waals surface area contributed by atoms with Gasteiger partial charge < -0.3 is 11.1 Å². The van der Waals surface area contributed by atoms with Crippen LogP contribution in [-0.2, 0) is 4.79 Å². The molecule has 0 aliphatic rings. The number of anilines is 1. The van der Waals surface area contributed by atoms with E-state index in [0.29, 0.717) is 15.7 Å². The zero-order valence-corrected chi connectivity index (χ0v) is 12.2. The lowest BCUT2D eigenvalue weighted by Crippen LogP contribution is -2.20. The summed E-state index contributed by atoms with van der Waals surface area (Å²) in [6, 6.07) is 14.0. The van der Waals surface area contributed by atoms with E-state index in [9.17, 15) is 4.79 Å². The average molecular weight is 309 g/mol. The van der Waals surface area contributed by atoms with Crippen molar-refractivity contribution < 1.29 is 4.79 Å². The summed E-state index contributed by atoms with van der Waals surface area (Å²) in [5.41, 5.74) is 7.48. The van der Waals surface area contributed by atoms with Crippen molar-refractivity contribution in [3.63, 3.8) is 0 Å². The van der Waals surface area contributed by atoms with Gasteiger partial charge in [-0.1, -0.05) is 53.5 Å². The Kier molecular flexibility index (Phi) is 5.01. The summed E-state index contributed by atoms with van der Waals surface area (Å²) in [7, 11) is 0. The lowest BCUT2D eigenvalue weighted by atomic mass is 10.0. The van der Waals surface area contributed by atoms with Crippen molar-refractivity contribution in [3.05, 3.63) is 64.1 Å². The Morgan fingerprint density at radius 2 is 1.70 bits per heavy atom. The standard InChI is InChI=1S/C15H14Cl2N2O/c16-11-6-12(17)8-13(7-11)19-15(20)9-14(18)10-4-2-1-3-5-10/h1-8,14H,9,18H2,(H,19,20). The summed E-state index contributed by atoms with van der Waals surface area (Å²) in [6.45, 7) is 0. The molecule has 2 aromatic rings. The molecule has 2 rings (SSSR count). The lowest BCUT2D eigenvalue weighted by Gasteiger charge is -2.12. The average Bonchev–Trinajstić information content (AvgIpc) is 2.38. The first kappa shape index (κ1) is 14.9. The minimum Gasteiger partial charge on any atom is -0.326 e. The molecule has 3 nitrogen and oxygen atoms in total. The second-order valence-corrected chi connectivity index (χ2v) is 5.30. The number of hydrogen-bond donors (Lipinski definition) is 2. The summed E-state index contributed by atoms with van der Waals surface area (Å²) in [5, 5.41) is 3.68. The molecule has 1 amide bonds. The Hall–Kier alpha value is -1.55. The van der Waals surface area contributed by atoms with Crippen molar-refractivity contribution in [1.82, 2.24) is 0 Å². The van der Waals surface area contributed by atoms with E-state index in [0.717, 1.165) is 5.56 Å². The zero-order chi connectivity index (χ0) is 14.5. The van der Waals surface area contributed by atoms with E-state index < -0.39 is 0 Å². The van der Waals surface area contributed by atoms with Gasteiger partial charge in [-0.3, -0.25) is 4.79 Å². The van der Waals surface area contributed by atoms with Crippen molar-refractivity contribution in [2.75, 3.05) is 5.32 Å². The van der Waals surface area contributed by atoms with E-state index in [4.69, 9.17) is 28.9 Å². The lowest BCUT2D eigenvalue weighted by molar-refractivity contribution is -0.116. The Morgan fingerprint density at radius 1 is 1.10 bits per heavy atom. The van der Waals surface area contributed by atoms with Crippen LogP contribution in [0.1, 0.15) is 18.0 Å². The highest BCUT2D eigenvalue weighted by atomic mass is 35.5. The van der Waals surface area contributed by atoms with Crippen molar-refractivity contribution in [2.45, 2.75) is 12.5 Å². The highest BCUT2D eigenvalue weighted by molar-refractivity contribution is 6.35. The fourth-order valence-corrected chi connectivity index (χ4v) is 2.38. The predicted octanol–water partition coefficient (Wildman–Crippen LogP) is 4.02. The van der Waals surface area contributed by atoms with Crippen LogP contribution in [0.2, 0.25) is 10.0 Å². The molecule has 0 saturated carbocycles. The number of carbonyl (C=O) groups is 1. The Bertz CT molecular complexity index is 582. The summed E-state index contributed by atoms with van der Waals surface area (Å²) in [6.07, 6.45) is 0.189. The SMILES string of the molecule is NC(CC(=O)Nc1cc(Cl)cc(Cl)c1)c1ccccc1. The molecule has 3 N–H and O–H groups in total. The summed E-state index contributed by atoms with van der Waals surface area (Å²) < 4.78 is 0. The third-order valence-electron chi connectivity index (χ3n) is 2.78. The van der Waals surface area contributed by atoms with Gasteiger partial charge in [-0.2, -0.15) is 0 Å². The number of nitrogens with two attached hydrogens (primary N) is 1. The van der Waals surface area contributed by atoms with Crippen LogP contribution in [0.15, 0.2) is 48.5 Å². The molecule has 20 heavy (non-hydrogen) atoms. The second-order valence-electron chi connectivity index (χ2n) is 4.43. The molecule has 0 bridgehead atoms. The highest BCUT2D eigenvalue weighted by Gasteiger charge is 2.12. The molecule has 0 heterocycles. The molecule has 1 unspecified atom stereocenters. The van der Waals surface area contributed by atoms with Crippen LogP contribution >= 0.6 is 23.2 Å². The van der Waals surface area contributed by atoms with Crippen LogP contribution < -0.4 is 11.1 Å². The molecule has 0 aromatic heterocycles. The van der Waals surface area contributed by atoms with Gasteiger partial charge in [-0.25, -0.2) is 0 Å². The number of hydrogen-bond acceptors (Lipinski definition) is 2. The van der Waals surface area contributed by atoms with Crippen LogP contribution in [0.25, 0.3) is 0 Å². The van der Waals surface area contributed by atoms with E-state index in [2.05, 4.69) is 5.32 Å². The molecule has 0 saturated heterocycles. The van der Waals surface area contributed by atoms with Gasteiger partial charge >= 0.3 is 0 Å². The topological polar surface area (TPSA) is 55.1 Å². The van der Waals surface area contributed by atoms with Gasteiger partial charge in [0.25, 0.3) is 0 Å². The van der Waals surface area contributed by atoms with Crippen molar-refractivity contribution in [3.8, 4) is 0 Å². The maximum atomic E-state index is 11.9. The van der Waals surface area contributed by atoms with Gasteiger partial charge in [0.1, 0.15) is 0 Å². The quantitative estimate of drug-likeness (QED) is 0.896. The van der Waals surface area contributed by atoms with Crippen LogP contribution in [0.3, 0.4) is 0 Å². The molecule has 1 atom stereocenters. The van der Waals surface area contributed by atoms with Gasteiger partial charge in [-0.15, -0.1) is 0 Å². The first-order valence-electron chi connectivity index (χ1n) is 6.11. The molecule has 0 aliphatic heterocycles. The largest absolute Gasteiger partial charge is 0.326 e. The maximum Gasteiger partial charge on any atom is 0.226 e. The number of benzene rings is 2. The second kappa shape index (κ2) is 6.75. The Balaban J connectivity index is 1.99. The molecule has 104 valence electrons. The van der Waals surface area contributed by atoms with Gasteiger partial charge in [0.05, 0.1) is 0 Å². The minimum atomic E-state index is -0.342. The van der Waals surface area contributed by atoms with Gasteiger partial charge in [0.2, 0.25) is 5.91 Å². The third kappa shape index (κ3) is 4.23. The van der Waals surface area contributed by atoms with E-state index in [1.54, 1.807) is 18.2 Å². The zero-order valence-electron chi connectivity index (χ0n) is 10.6. The third-order valence-corrected chi connectivity index (χ3v) is 3.22. The van der Waals surface area contributed by atoms with Crippen LogP contribution in [-0.4, -0.2) is 5.91 Å². The molecule has 2 aromatic carbocycles. The number of carbonyl (C=O) groups excluding carboxylic acids is 1. The van der Waals surface area contributed by atoms with E-state index in [1.165, 1.54) is 0 Å². The fraction of sp³-hybridized carbons (Fsp3) is 0.133. The molecule has 0 aliphatic carbocycles. The number of nitrogens with one attached hydrogen (secondary N) is 1. The normalized spacial score (nSPS) is 11.9. The molecule has 0 spiro atoms. The number of rotatable bonds is 4. The summed E-state index contributed by atoms with van der Waals surface area (Å²) >= 11 is 11.7. The highest BCUT2D eigenvalue weighted by Crippen LogP contribution is 2.23. The number of amides is 1. The van der Waals surface area contributed by atoms with Crippen molar-refractivity contribution in [1.29, 1.82) is 0 Å². The van der Waals surface area contributed by atoms with Crippen LogP contribution in [0.5, 0.6) is 0 Å². The predicted molar refractivity (Wildman–Crippen MR) is 83.1 cm³/mol. The van der Waals surface area contributed by atoms with Crippen LogP contribution in [0, 0.1) is 0 Å². The van der Waals surface area contributed by atoms with Gasteiger partial charge in [0.15, 0.2) is 0 Å². The van der Waals surface area contributed by atoms with Gasteiger partial charge in [-0.05, 0) is 23.8 Å². The summed E-state index contributed by atoms with van der Waals surface area (Å²) in [5.74, 6) is -0.181. The monoisotopic (exact) mass is 308 g/mol. The van der Waals surface area contributed by atoms with Crippen molar-refractivity contribution in [2.24, 2.45) is 5.73 Å². The van der Waals surface area contributed by atoms with E-state index in [1.807, 2.05) is 30.3 Å². The first-order chi connectivity index (χ1) is 9.54. The first-order valence-corrected chi connectivity index (χ1v) is 6.86. The Morgan fingerprint density at radius 3 is 2.30 bits per heavy atom. The van der Waals surface area contributed by atoms with E-state index >= 15 is 0 Å². The van der Waals surface area contributed by atoms with E-state index in [-0.39, 0.29) is 18.4 Å². The fourth-order valence-electron chi connectivity index (χ4n) is 1.86. The molecular weight excluding hydrogens is 295 g/mol. The molecular formula is C15H14Cl2N2O.